The summed E-state index contributed by atoms with van der Waals surface area (Å²) in [5.74, 6) is 2.72. The quantitative estimate of drug-likeness (QED) is 0.0182. The lowest BCUT2D eigenvalue weighted by atomic mass is 9.85. The molecule has 4 amide bonds. The Morgan fingerprint density at radius 1 is 0.402 bits per heavy atom. The molecular formula is C104H120N16O12. The highest BCUT2D eigenvalue weighted by Crippen LogP contribution is 2.43. The number of carbonyl (C=O) groups excluding carboxylic acids is 4. The second-order valence-electron chi connectivity index (χ2n) is 34.0. The van der Waals surface area contributed by atoms with Gasteiger partial charge in [0.15, 0.2) is 34.3 Å². The van der Waals surface area contributed by atoms with Gasteiger partial charge < -0.3 is 60.6 Å². The Morgan fingerprint density at radius 2 is 0.765 bits per heavy atom. The van der Waals surface area contributed by atoms with E-state index in [1.807, 2.05) is 162 Å². The zero-order valence-corrected chi connectivity index (χ0v) is 75.6. The maximum absolute atomic E-state index is 13.1. The van der Waals surface area contributed by atoms with Crippen molar-refractivity contribution in [3.05, 3.63) is 343 Å². The van der Waals surface area contributed by atoms with Crippen molar-refractivity contribution in [2.75, 3.05) is 80.2 Å². The Hall–Kier alpha value is -13.2. The predicted octanol–water partition coefficient (Wildman–Crippen LogP) is 12.0. The van der Waals surface area contributed by atoms with E-state index in [-0.39, 0.29) is 56.8 Å². The number of fused-ring (bicyclic) bond motifs is 5. The molecule has 8 N–H and O–H groups in total. The second-order valence-corrected chi connectivity index (χ2v) is 34.0. The number of nitrogens with zero attached hydrogens (tertiary/aromatic N) is 12. The van der Waals surface area contributed by atoms with Crippen molar-refractivity contribution in [2.24, 2.45) is 5.92 Å². The highest BCUT2D eigenvalue weighted by atomic mass is 16.7. The number of nitrogens with one attached hydrogen (secondary N) is 4. The Kier molecular flexibility index (Phi) is 32.6. The Bertz CT molecular complexity index is 5900. The summed E-state index contributed by atoms with van der Waals surface area (Å²) in [6.45, 7) is 19.1. The number of aliphatic hydroxyl groups excluding tert-OH is 4. The number of carbonyl (C=O) groups is 4. The first-order valence-corrected chi connectivity index (χ1v) is 45.6. The molecule has 28 nitrogen and oxygen atoms in total. The molecule has 6 aliphatic rings. The van der Waals surface area contributed by atoms with Gasteiger partial charge in [0.05, 0.1) is 66.8 Å². The molecule has 9 heterocycles. The Morgan fingerprint density at radius 3 is 1.13 bits per heavy atom. The van der Waals surface area contributed by atoms with E-state index in [1.165, 1.54) is 39.8 Å². The third-order valence-corrected chi connectivity index (χ3v) is 24.9. The third-order valence-electron chi connectivity index (χ3n) is 24.9. The van der Waals surface area contributed by atoms with Crippen LogP contribution in [0.5, 0.6) is 23.0 Å². The van der Waals surface area contributed by atoms with Crippen LogP contribution in [0.4, 0.5) is 0 Å². The van der Waals surface area contributed by atoms with Crippen molar-refractivity contribution in [1.82, 2.24) is 80.0 Å². The SMILES string of the molecule is C=C(C)C1CC=C(CN2CCc3c(c(C(=O)NCc4ccccc4)nn3CCO)C2)CC1.COc1cc(CN2CCc3c(c(C(=O)NCc4ccccc4)nn3CCO)C2)cc2c1OCO2.COc1cccc(CN2CCc3c(c(C(=O)NCc4ccccc4)nn3CCO)C2)c1.O=C(NCc1ccccc1)c1nn(CCO)c2c1CN(Cc1ccc(-c3ccccc3)cc1)CC2. The topological polar surface area (TPSA) is 318 Å². The minimum absolute atomic E-state index is 0.00330. The van der Waals surface area contributed by atoms with E-state index in [1.54, 1.807) is 28.3 Å². The first-order valence-electron chi connectivity index (χ1n) is 45.6. The number of rotatable bonds is 32. The molecule has 132 heavy (non-hydrogen) atoms. The van der Waals surface area contributed by atoms with Crippen molar-refractivity contribution >= 4 is 23.6 Å². The lowest BCUT2D eigenvalue weighted by Gasteiger charge is -2.30. The summed E-state index contributed by atoms with van der Waals surface area (Å²) in [4.78, 5) is 61.5. The van der Waals surface area contributed by atoms with Crippen LogP contribution in [-0.4, -0.2) is 183 Å². The minimum atomic E-state index is -0.205. The lowest BCUT2D eigenvalue weighted by molar-refractivity contribution is 0.0934. The van der Waals surface area contributed by atoms with Gasteiger partial charge in [0, 0.05) is 175 Å². The smallest absolute Gasteiger partial charge is 0.272 e. The van der Waals surface area contributed by atoms with E-state index in [0.717, 1.165) is 169 Å². The largest absolute Gasteiger partial charge is 0.497 e. The van der Waals surface area contributed by atoms with Crippen molar-refractivity contribution < 1.29 is 58.6 Å². The molecular weight excluding hydrogens is 1670 g/mol. The number of hydrogen-bond acceptors (Lipinski definition) is 20. The number of methoxy groups -OCH3 is 2. The Labute approximate surface area is 771 Å². The maximum atomic E-state index is 13.1. The van der Waals surface area contributed by atoms with Gasteiger partial charge in [-0.05, 0) is 106 Å². The van der Waals surface area contributed by atoms with Crippen LogP contribution in [0.3, 0.4) is 0 Å². The van der Waals surface area contributed by atoms with Crippen molar-refractivity contribution in [3.63, 3.8) is 0 Å². The van der Waals surface area contributed by atoms with Gasteiger partial charge in [0.25, 0.3) is 23.6 Å². The van der Waals surface area contributed by atoms with Crippen LogP contribution in [0, 0.1) is 5.92 Å². The summed E-state index contributed by atoms with van der Waals surface area (Å²) < 4.78 is 29.1. The van der Waals surface area contributed by atoms with Gasteiger partial charge in [0.1, 0.15) is 5.75 Å². The molecule has 0 radical (unpaired) electrons. The van der Waals surface area contributed by atoms with Crippen LogP contribution in [-0.2, 0) is 124 Å². The molecule has 5 aliphatic heterocycles. The van der Waals surface area contributed by atoms with Gasteiger partial charge >= 0.3 is 0 Å². The molecule has 4 aromatic heterocycles. The van der Waals surface area contributed by atoms with E-state index >= 15 is 0 Å². The average Bonchev–Trinajstić information content (AvgIpc) is 1.64. The number of aliphatic hydroxyl groups is 4. The van der Waals surface area contributed by atoms with Crippen molar-refractivity contribution in [3.8, 4) is 34.1 Å². The predicted molar refractivity (Wildman–Crippen MR) is 504 cm³/mol. The van der Waals surface area contributed by atoms with Crippen LogP contribution in [0.25, 0.3) is 11.1 Å². The van der Waals surface area contributed by atoms with Gasteiger partial charge in [-0.15, -0.1) is 0 Å². The van der Waals surface area contributed by atoms with Crippen LogP contribution >= 0.6 is 0 Å². The van der Waals surface area contributed by atoms with Crippen LogP contribution in [0.15, 0.2) is 236 Å². The standard InChI is InChI=1S/C29H30N4O2.C26H34N4O2.C25H28N4O5.C24H28N4O3/c34-18-17-33-27-15-16-32(20-23-11-13-25(14-12-23)24-9-5-2-6-10-24)21-26(27)28(31-33)29(35)30-19-22-7-3-1-4-8-22;1-19(2)22-10-8-21(9-11-22)17-29-13-12-24-23(18-29)25(28-30(24)14-15-31)26(32)27-16-20-6-4-3-5-7-20;1-32-21-11-18(12-22-24(21)34-16-33-22)14-28-8-7-20-19(15-28)23(27-29(20)9-10-30)25(31)26-13-17-5-3-2-4-6-17;1-31-20-9-5-8-19(14-20)16-27-11-10-22-21(17-27)23(26-28(22)12-13-29)24(30)25-15-18-6-3-2-4-7-18/h1-14,34H,15-21H2,(H,30,35);3-8,22,31H,1,9-18H2,2H3,(H,27,32);2-6,11-12,30H,7-10,13-16H2,1H3,(H,26,31);2-9,14,29H,10-13,15-17H2,1H3,(H,25,30). The summed E-state index contributed by atoms with van der Waals surface area (Å²) in [6.07, 6.45) is 8.96. The summed E-state index contributed by atoms with van der Waals surface area (Å²) in [5.41, 5.74) is 22.7. The molecule has 0 spiro atoms. The fourth-order valence-electron chi connectivity index (χ4n) is 18.0. The zero-order valence-electron chi connectivity index (χ0n) is 75.6. The monoisotopic (exact) mass is 1780 g/mol. The Balaban J connectivity index is 0.000000135. The summed E-state index contributed by atoms with van der Waals surface area (Å²) in [7, 11) is 3.28. The molecule has 0 fully saturated rings. The van der Waals surface area contributed by atoms with Gasteiger partial charge in [0.2, 0.25) is 12.5 Å². The summed E-state index contributed by atoms with van der Waals surface area (Å²) >= 11 is 0. The number of allylic oxidation sites excluding steroid dienone is 2. The van der Waals surface area contributed by atoms with E-state index in [2.05, 4.69) is 135 Å². The third kappa shape index (κ3) is 24.1. The number of ether oxygens (including phenoxy) is 4. The number of benzene rings is 8. The van der Waals surface area contributed by atoms with Gasteiger partial charge in [-0.2, -0.15) is 20.4 Å². The highest BCUT2D eigenvalue weighted by molar-refractivity contribution is 5.96. The molecule has 0 bridgehead atoms. The van der Waals surface area contributed by atoms with E-state index in [9.17, 15) is 39.6 Å². The van der Waals surface area contributed by atoms with E-state index in [4.69, 9.17) is 18.9 Å². The summed E-state index contributed by atoms with van der Waals surface area (Å²) in [6, 6.07) is 70.4. The van der Waals surface area contributed by atoms with E-state index in [0.29, 0.717) is 124 Å². The zero-order chi connectivity index (χ0) is 91.7. The molecule has 0 saturated heterocycles. The molecule has 1 aliphatic carbocycles. The van der Waals surface area contributed by atoms with Crippen molar-refractivity contribution in [1.29, 1.82) is 0 Å². The fourth-order valence-corrected chi connectivity index (χ4v) is 18.0. The maximum Gasteiger partial charge on any atom is 0.272 e. The van der Waals surface area contributed by atoms with Crippen LogP contribution in [0.1, 0.15) is 152 Å². The van der Waals surface area contributed by atoms with Crippen molar-refractivity contribution in [2.45, 2.75) is 150 Å². The van der Waals surface area contributed by atoms with E-state index < -0.39 is 0 Å². The summed E-state index contributed by atoms with van der Waals surface area (Å²) in [5, 5.41) is 68.2. The number of hydrogen-bond donors (Lipinski definition) is 8. The molecule has 0 saturated carbocycles. The molecule has 688 valence electrons. The number of amides is 4. The van der Waals surface area contributed by atoms with Gasteiger partial charge in [-0.1, -0.05) is 212 Å². The second kappa shape index (κ2) is 46.1. The molecule has 12 aromatic rings. The molecule has 1 atom stereocenters. The molecule has 8 aromatic carbocycles. The van der Waals surface area contributed by atoms with Crippen LogP contribution in [0.2, 0.25) is 0 Å². The first-order chi connectivity index (χ1) is 64.6. The van der Waals surface area contributed by atoms with Crippen LogP contribution < -0.4 is 40.2 Å². The number of aromatic nitrogens is 8. The minimum Gasteiger partial charge on any atom is -0.497 e. The first kappa shape index (κ1) is 93.5. The molecule has 1 unspecified atom stereocenters. The molecule has 18 rings (SSSR count). The highest BCUT2D eigenvalue weighted by Gasteiger charge is 2.34. The van der Waals surface area contributed by atoms with Gasteiger partial charge in [-0.25, -0.2) is 0 Å². The average molecular weight is 1790 g/mol. The lowest BCUT2D eigenvalue weighted by Crippen LogP contribution is -2.34. The fraction of sp³-hybridized carbons (Fsp3) is 0.346. The normalized spacial score (nSPS) is 15.1. The van der Waals surface area contributed by atoms with Gasteiger partial charge in [-0.3, -0.25) is 57.5 Å². The molecule has 28 heteroatoms.